The van der Waals surface area contributed by atoms with E-state index in [0.29, 0.717) is 37.7 Å². The molecule has 1 saturated heterocycles. The Morgan fingerprint density at radius 3 is 2.53 bits per heavy atom. The van der Waals surface area contributed by atoms with Gasteiger partial charge in [0.05, 0.1) is 18.8 Å². The van der Waals surface area contributed by atoms with Crippen molar-refractivity contribution in [2.75, 3.05) is 45.6 Å². The molecule has 4 heterocycles. The number of rotatable bonds is 6. The van der Waals surface area contributed by atoms with Crippen molar-refractivity contribution in [3.8, 4) is 0 Å². The SMILES string of the molecule is CN(C)C1CN(CC(=O)N2CCc3n[nH]nc3C2)CC1c1cnc(NC2Cc3ccccc3C2)nc1. The standard InChI is InChI=1S/C26H33N9O/c1-33(2)24-15-34(16-25(36)35-8-7-22-23(14-35)31-32-30-22)13-21(24)19-11-27-26(28-12-19)29-20-9-17-5-3-4-6-18(17)10-20/h3-6,11-12,20-21,24H,7-10,13-16H2,1-2H3,(H,27,28,29)(H,30,31,32). The zero-order chi connectivity index (χ0) is 24.6. The molecule has 1 aromatic carbocycles. The molecule has 1 aliphatic carbocycles. The van der Waals surface area contributed by atoms with E-state index in [1.807, 2.05) is 17.3 Å². The van der Waals surface area contributed by atoms with Crippen LogP contribution in [0.4, 0.5) is 5.95 Å². The van der Waals surface area contributed by atoms with Crippen molar-refractivity contribution in [2.24, 2.45) is 0 Å². The van der Waals surface area contributed by atoms with Gasteiger partial charge in [-0.3, -0.25) is 9.69 Å². The van der Waals surface area contributed by atoms with Crippen LogP contribution in [0.1, 0.15) is 34.0 Å². The highest BCUT2D eigenvalue weighted by atomic mass is 16.2. The molecule has 2 N–H and O–H groups in total. The summed E-state index contributed by atoms with van der Waals surface area (Å²) in [5.41, 5.74) is 5.80. The number of nitrogens with zero attached hydrogens (tertiary/aromatic N) is 7. The lowest BCUT2D eigenvalue weighted by Gasteiger charge is -2.27. The highest BCUT2D eigenvalue weighted by Crippen LogP contribution is 2.30. The Bertz CT molecular complexity index is 1200. The monoisotopic (exact) mass is 487 g/mol. The van der Waals surface area contributed by atoms with E-state index < -0.39 is 0 Å². The van der Waals surface area contributed by atoms with Gasteiger partial charge in [-0.25, -0.2) is 9.97 Å². The van der Waals surface area contributed by atoms with Crippen molar-refractivity contribution in [1.29, 1.82) is 0 Å². The van der Waals surface area contributed by atoms with Crippen LogP contribution in [0.3, 0.4) is 0 Å². The van der Waals surface area contributed by atoms with Gasteiger partial charge < -0.3 is 15.1 Å². The molecular formula is C26H33N9O. The number of carbonyl (C=O) groups is 1. The molecule has 0 bridgehead atoms. The van der Waals surface area contributed by atoms with Crippen LogP contribution >= 0.6 is 0 Å². The summed E-state index contributed by atoms with van der Waals surface area (Å²) in [6.07, 6.45) is 6.68. The molecule has 3 aromatic rings. The highest BCUT2D eigenvalue weighted by Gasteiger charge is 2.37. The summed E-state index contributed by atoms with van der Waals surface area (Å²) >= 11 is 0. The third-order valence-corrected chi connectivity index (χ3v) is 7.89. The summed E-state index contributed by atoms with van der Waals surface area (Å²) in [5, 5.41) is 14.5. The van der Waals surface area contributed by atoms with E-state index >= 15 is 0 Å². The van der Waals surface area contributed by atoms with Gasteiger partial charge in [0.1, 0.15) is 5.69 Å². The number of fused-ring (bicyclic) bond motifs is 2. The quantitative estimate of drug-likeness (QED) is 0.532. The van der Waals surface area contributed by atoms with E-state index in [2.05, 4.69) is 78.9 Å². The second kappa shape index (κ2) is 9.59. The molecule has 36 heavy (non-hydrogen) atoms. The summed E-state index contributed by atoms with van der Waals surface area (Å²) < 4.78 is 0. The number of H-pyrrole nitrogens is 1. The fourth-order valence-electron chi connectivity index (χ4n) is 5.90. The average molecular weight is 488 g/mol. The molecule has 2 unspecified atom stereocenters. The van der Waals surface area contributed by atoms with E-state index in [1.165, 1.54) is 11.1 Å². The molecule has 10 heteroatoms. The lowest BCUT2D eigenvalue weighted by atomic mass is 9.96. The van der Waals surface area contributed by atoms with Crippen LogP contribution in [0.25, 0.3) is 0 Å². The third kappa shape index (κ3) is 4.58. The molecule has 0 spiro atoms. The largest absolute Gasteiger partial charge is 0.351 e. The van der Waals surface area contributed by atoms with Crippen molar-refractivity contribution in [1.82, 2.24) is 40.1 Å². The molecule has 10 nitrogen and oxygen atoms in total. The number of carbonyl (C=O) groups excluding carboxylic acids is 1. The van der Waals surface area contributed by atoms with Crippen molar-refractivity contribution < 1.29 is 4.79 Å². The van der Waals surface area contributed by atoms with Gasteiger partial charge in [0, 0.05) is 56.5 Å². The predicted molar refractivity (Wildman–Crippen MR) is 135 cm³/mol. The Labute approximate surface area is 211 Å². The van der Waals surface area contributed by atoms with Gasteiger partial charge >= 0.3 is 0 Å². The topological polar surface area (TPSA) is 106 Å². The van der Waals surface area contributed by atoms with Gasteiger partial charge in [-0.2, -0.15) is 15.4 Å². The van der Waals surface area contributed by atoms with Gasteiger partial charge in [0.15, 0.2) is 0 Å². The second-order valence-electron chi connectivity index (χ2n) is 10.5. The molecule has 2 aromatic heterocycles. The number of nitrogens with one attached hydrogen (secondary N) is 2. The van der Waals surface area contributed by atoms with Crippen molar-refractivity contribution in [3.05, 3.63) is 64.7 Å². The van der Waals surface area contributed by atoms with Crippen LogP contribution in [0.5, 0.6) is 0 Å². The minimum absolute atomic E-state index is 0.148. The molecule has 3 aliphatic rings. The van der Waals surface area contributed by atoms with Gasteiger partial charge in [0.2, 0.25) is 11.9 Å². The average Bonchev–Trinajstić information content (AvgIpc) is 3.61. The van der Waals surface area contributed by atoms with E-state index in [0.717, 1.165) is 49.3 Å². The number of hydrogen-bond acceptors (Lipinski definition) is 8. The molecule has 1 amide bonds. The van der Waals surface area contributed by atoms with Crippen molar-refractivity contribution in [3.63, 3.8) is 0 Å². The molecule has 2 aliphatic heterocycles. The minimum Gasteiger partial charge on any atom is -0.351 e. The van der Waals surface area contributed by atoms with Crippen molar-refractivity contribution in [2.45, 2.75) is 43.8 Å². The summed E-state index contributed by atoms with van der Waals surface area (Å²) in [4.78, 5) is 28.8. The van der Waals surface area contributed by atoms with Gasteiger partial charge in [0.25, 0.3) is 0 Å². The van der Waals surface area contributed by atoms with E-state index in [9.17, 15) is 4.79 Å². The first-order valence-electron chi connectivity index (χ1n) is 12.7. The maximum Gasteiger partial charge on any atom is 0.237 e. The Morgan fingerprint density at radius 1 is 1.08 bits per heavy atom. The number of amides is 1. The fourth-order valence-corrected chi connectivity index (χ4v) is 5.90. The second-order valence-corrected chi connectivity index (χ2v) is 10.5. The van der Waals surface area contributed by atoms with Crippen LogP contribution in [-0.2, 0) is 30.6 Å². The van der Waals surface area contributed by atoms with Crippen LogP contribution in [0.15, 0.2) is 36.7 Å². The fraction of sp³-hybridized carbons (Fsp3) is 0.500. The summed E-state index contributed by atoms with van der Waals surface area (Å²) in [7, 11) is 4.21. The molecule has 6 rings (SSSR count). The Hall–Kier alpha value is -3.37. The number of aromatic nitrogens is 5. The number of likely N-dealkylation sites (N-methyl/N-ethyl adjacent to an activating group) is 1. The van der Waals surface area contributed by atoms with Crippen molar-refractivity contribution >= 4 is 11.9 Å². The van der Waals surface area contributed by atoms with Crippen LogP contribution in [0.2, 0.25) is 0 Å². The van der Waals surface area contributed by atoms with Crippen LogP contribution < -0.4 is 5.32 Å². The summed E-state index contributed by atoms with van der Waals surface area (Å²) in [6, 6.07) is 9.24. The Kier molecular flexibility index (Phi) is 6.14. The Morgan fingerprint density at radius 2 is 1.81 bits per heavy atom. The Balaban J connectivity index is 1.08. The summed E-state index contributed by atoms with van der Waals surface area (Å²) in [5.74, 6) is 1.08. The smallest absolute Gasteiger partial charge is 0.237 e. The van der Waals surface area contributed by atoms with E-state index in [1.54, 1.807) is 0 Å². The van der Waals surface area contributed by atoms with Crippen LogP contribution in [-0.4, -0.2) is 98.3 Å². The first-order valence-corrected chi connectivity index (χ1v) is 12.7. The first kappa shape index (κ1) is 23.1. The zero-order valence-corrected chi connectivity index (χ0v) is 20.9. The maximum atomic E-state index is 13.1. The predicted octanol–water partition coefficient (Wildman–Crippen LogP) is 1.09. The molecule has 0 radical (unpaired) electrons. The molecule has 2 atom stereocenters. The number of anilines is 1. The highest BCUT2D eigenvalue weighted by molar-refractivity contribution is 5.78. The molecule has 188 valence electrons. The first-order chi connectivity index (χ1) is 17.5. The zero-order valence-electron chi connectivity index (χ0n) is 20.9. The number of benzene rings is 1. The number of hydrogen-bond donors (Lipinski definition) is 2. The van der Waals surface area contributed by atoms with Gasteiger partial charge in [-0.05, 0) is 43.6 Å². The maximum absolute atomic E-state index is 13.1. The van der Waals surface area contributed by atoms with Gasteiger partial charge in [-0.1, -0.05) is 24.3 Å². The van der Waals surface area contributed by atoms with E-state index in [-0.39, 0.29) is 11.8 Å². The van der Waals surface area contributed by atoms with Crippen LogP contribution in [0, 0.1) is 0 Å². The van der Waals surface area contributed by atoms with E-state index in [4.69, 9.17) is 0 Å². The molecular weight excluding hydrogens is 454 g/mol. The van der Waals surface area contributed by atoms with Gasteiger partial charge in [-0.15, -0.1) is 0 Å². The summed E-state index contributed by atoms with van der Waals surface area (Å²) in [6.45, 7) is 3.30. The molecule has 0 saturated carbocycles. The lowest BCUT2D eigenvalue weighted by Crippen LogP contribution is -2.43. The minimum atomic E-state index is 0.148. The lowest BCUT2D eigenvalue weighted by molar-refractivity contribution is -0.133. The normalized spacial score (nSPS) is 22.1. The number of likely N-dealkylation sites (tertiary alicyclic amines) is 1. The third-order valence-electron chi connectivity index (χ3n) is 7.89. The molecule has 1 fully saturated rings. The number of aromatic amines is 1.